The Bertz CT molecular complexity index is 410. The summed E-state index contributed by atoms with van der Waals surface area (Å²) in [6.45, 7) is 7.61. The van der Waals surface area contributed by atoms with Gasteiger partial charge in [-0.3, -0.25) is 0 Å². The molecule has 0 bridgehead atoms. The van der Waals surface area contributed by atoms with Crippen LogP contribution in [0.5, 0.6) is 0 Å². The van der Waals surface area contributed by atoms with Crippen molar-refractivity contribution < 1.29 is 0 Å². The molecule has 1 aromatic heterocycles. The van der Waals surface area contributed by atoms with E-state index in [4.69, 9.17) is 10.7 Å². The van der Waals surface area contributed by atoms with Crippen molar-refractivity contribution in [1.82, 2.24) is 4.98 Å². The second-order valence-corrected chi connectivity index (χ2v) is 5.94. The summed E-state index contributed by atoms with van der Waals surface area (Å²) in [4.78, 5) is 7.22. The SMILES string of the molecule is CCCCN(c1ncc(CC(C)N)cc1C)C1CC1. The van der Waals surface area contributed by atoms with Crippen LogP contribution in [-0.2, 0) is 6.42 Å². The largest absolute Gasteiger partial charge is 0.353 e. The highest BCUT2D eigenvalue weighted by molar-refractivity contribution is 5.49. The number of pyridine rings is 1. The standard InChI is InChI=1S/C16H27N3/c1-4-5-8-19(15-6-7-15)16-12(2)9-14(11-18-16)10-13(3)17/h9,11,13,15H,4-8,10,17H2,1-3H3. The van der Waals surface area contributed by atoms with Crippen molar-refractivity contribution in [3.63, 3.8) is 0 Å². The fourth-order valence-electron chi connectivity index (χ4n) is 2.59. The van der Waals surface area contributed by atoms with E-state index >= 15 is 0 Å². The van der Waals surface area contributed by atoms with Gasteiger partial charge in [0.2, 0.25) is 0 Å². The van der Waals surface area contributed by atoms with E-state index in [-0.39, 0.29) is 6.04 Å². The molecule has 2 rings (SSSR count). The Morgan fingerprint density at radius 3 is 2.74 bits per heavy atom. The number of unbranched alkanes of at least 4 members (excludes halogenated alkanes) is 1. The molecule has 0 radical (unpaired) electrons. The molecule has 1 unspecified atom stereocenters. The van der Waals surface area contributed by atoms with Crippen LogP contribution >= 0.6 is 0 Å². The van der Waals surface area contributed by atoms with E-state index in [1.807, 2.05) is 13.1 Å². The second-order valence-electron chi connectivity index (χ2n) is 5.94. The first-order valence-corrected chi connectivity index (χ1v) is 7.59. The number of hydrogen-bond donors (Lipinski definition) is 1. The zero-order valence-corrected chi connectivity index (χ0v) is 12.5. The minimum atomic E-state index is 0.201. The number of rotatable bonds is 7. The van der Waals surface area contributed by atoms with E-state index in [0.29, 0.717) is 0 Å². The van der Waals surface area contributed by atoms with Gasteiger partial charge in [0.15, 0.2) is 0 Å². The predicted molar refractivity (Wildman–Crippen MR) is 81.6 cm³/mol. The normalized spacial score (nSPS) is 16.4. The molecule has 1 aliphatic rings. The molecule has 1 fully saturated rings. The molecule has 2 N–H and O–H groups in total. The summed E-state index contributed by atoms with van der Waals surface area (Å²) in [7, 11) is 0. The van der Waals surface area contributed by atoms with Gasteiger partial charge in [0, 0.05) is 24.8 Å². The van der Waals surface area contributed by atoms with Crippen molar-refractivity contribution in [2.75, 3.05) is 11.4 Å². The van der Waals surface area contributed by atoms with Gasteiger partial charge in [0.1, 0.15) is 5.82 Å². The lowest BCUT2D eigenvalue weighted by atomic mass is 10.1. The van der Waals surface area contributed by atoms with Gasteiger partial charge in [0.25, 0.3) is 0 Å². The van der Waals surface area contributed by atoms with Gasteiger partial charge >= 0.3 is 0 Å². The molecule has 0 spiro atoms. The van der Waals surface area contributed by atoms with Crippen LogP contribution in [0.3, 0.4) is 0 Å². The smallest absolute Gasteiger partial charge is 0.131 e. The summed E-state index contributed by atoms with van der Waals surface area (Å²) in [5, 5.41) is 0. The van der Waals surface area contributed by atoms with E-state index in [1.54, 1.807) is 0 Å². The molecule has 0 saturated heterocycles. The highest BCUT2D eigenvalue weighted by atomic mass is 15.2. The molecule has 0 aliphatic heterocycles. The van der Waals surface area contributed by atoms with E-state index < -0.39 is 0 Å². The summed E-state index contributed by atoms with van der Waals surface area (Å²) < 4.78 is 0. The number of hydrogen-bond acceptors (Lipinski definition) is 3. The third-order valence-electron chi connectivity index (χ3n) is 3.68. The van der Waals surface area contributed by atoms with Crippen LogP contribution in [0.15, 0.2) is 12.3 Å². The van der Waals surface area contributed by atoms with E-state index in [1.165, 1.54) is 42.6 Å². The number of nitrogens with zero attached hydrogens (tertiary/aromatic N) is 2. The number of aromatic nitrogens is 1. The molecule has 1 saturated carbocycles. The Morgan fingerprint density at radius 1 is 1.47 bits per heavy atom. The Morgan fingerprint density at radius 2 is 2.21 bits per heavy atom. The maximum Gasteiger partial charge on any atom is 0.131 e. The zero-order chi connectivity index (χ0) is 13.8. The van der Waals surface area contributed by atoms with Crippen LogP contribution in [0.25, 0.3) is 0 Å². The fraction of sp³-hybridized carbons (Fsp3) is 0.688. The van der Waals surface area contributed by atoms with Crippen molar-refractivity contribution in [2.24, 2.45) is 5.73 Å². The van der Waals surface area contributed by atoms with Crippen LogP contribution in [0.4, 0.5) is 5.82 Å². The van der Waals surface area contributed by atoms with Crippen LogP contribution in [0, 0.1) is 6.92 Å². The van der Waals surface area contributed by atoms with Gasteiger partial charge in [-0.1, -0.05) is 19.4 Å². The highest BCUT2D eigenvalue weighted by Gasteiger charge is 2.30. The Balaban J connectivity index is 2.13. The van der Waals surface area contributed by atoms with Gasteiger partial charge in [-0.15, -0.1) is 0 Å². The fourth-order valence-corrected chi connectivity index (χ4v) is 2.59. The maximum absolute atomic E-state index is 5.86. The molecule has 3 heteroatoms. The predicted octanol–water partition coefficient (Wildman–Crippen LogP) is 3.05. The quantitative estimate of drug-likeness (QED) is 0.820. The van der Waals surface area contributed by atoms with Gasteiger partial charge in [-0.05, 0) is 50.7 Å². The summed E-state index contributed by atoms with van der Waals surface area (Å²) >= 11 is 0. The number of aryl methyl sites for hydroxylation is 1. The van der Waals surface area contributed by atoms with Crippen molar-refractivity contribution in [3.05, 3.63) is 23.4 Å². The molecule has 1 atom stereocenters. The number of nitrogens with two attached hydrogens (primary N) is 1. The van der Waals surface area contributed by atoms with Crippen LogP contribution in [-0.4, -0.2) is 23.6 Å². The lowest BCUT2D eigenvalue weighted by Gasteiger charge is -2.25. The molecule has 0 aromatic carbocycles. The van der Waals surface area contributed by atoms with Crippen molar-refractivity contribution in [2.45, 2.75) is 65.0 Å². The first kappa shape index (κ1) is 14.3. The summed E-state index contributed by atoms with van der Waals surface area (Å²) in [6, 6.07) is 3.19. The Labute approximate surface area is 117 Å². The molecular formula is C16H27N3. The van der Waals surface area contributed by atoms with E-state index in [0.717, 1.165) is 19.0 Å². The van der Waals surface area contributed by atoms with E-state index in [2.05, 4.69) is 24.8 Å². The van der Waals surface area contributed by atoms with Gasteiger partial charge in [-0.2, -0.15) is 0 Å². The molecular weight excluding hydrogens is 234 g/mol. The first-order valence-electron chi connectivity index (χ1n) is 7.59. The average Bonchev–Trinajstić information content (AvgIpc) is 3.15. The number of anilines is 1. The molecule has 106 valence electrons. The first-order chi connectivity index (χ1) is 9.11. The average molecular weight is 261 g/mol. The third kappa shape index (κ3) is 3.93. The summed E-state index contributed by atoms with van der Waals surface area (Å²) in [5.41, 5.74) is 8.40. The molecule has 1 heterocycles. The highest BCUT2D eigenvalue weighted by Crippen LogP contribution is 2.32. The lowest BCUT2D eigenvalue weighted by Crippen LogP contribution is -2.28. The second kappa shape index (κ2) is 6.38. The summed E-state index contributed by atoms with van der Waals surface area (Å²) in [5.74, 6) is 1.18. The van der Waals surface area contributed by atoms with E-state index in [9.17, 15) is 0 Å². The van der Waals surface area contributed by atoms with Crippen molar-refractivity contribution in [1.29, 1.82) is 0 Å². The lowest BCUT2D eigenvalue weighted by molar-refractivity contribution is 0.699. The van der Waals surface area contributed by atoms with Gasteiger partial charge < -0.3 is 10.6 Å². The van der Waals surface area contributed by atoms with Gasteiger partial charge in [0.05, 0.1) is 0 Å². The minimum Gasteiger partial charge on any atom is -0.353 e. The Hall–Kier alpha value is -1.09. The summed E-state index contributed by atoms with van der Waals surface area (Å²) in [6.07, 6.45) is 8.06. The van der Waals surface area contributed by atoms with Crippen molar-refractivity contribution >= 4 is 5.82 Å². The molecule has 3 nitrogen and oxygen atoms in total. The maximum atomic E-state index is 5.86. The van der Waals surface area contributed by atoms with Crippen LogP contribution < -0.4 is 10.6 Å². The van der Waals surface area contributed by atoms with Gasteiger partial charge in [-0.25, -0.2) is 4.98 Å². The monoisotopic (exact) mass is 261 g/mol. The zero-order valence-electron chi connectivity index (χ0n) is 12.5. The molecule has 0 amide bonds. The van der Waals surface area contributed by atoms with Crippen LogP contribution in [0.1, 0.15) is 50.7 Å². The van der Waals surface area contributed by atoms with Crippen molar-refractivity contribution in [3.8, 4) is 0 Å². The Kier molecular flexibility index (Phi) is 4.81. The molecule has 19 heavy (non-hydrogen) atoms. The minimum absolute atomic E-state index is 0.201. The molecule has 1 aromatic rings. The van der Waals surface area contributed by atoms with Crippen LogP contribution in [0.2, 0.25) is 0 Å². The topological polar surface area (TPSA) is 42.2 Å². The molecule has 1 aliphatic carbocycles. The third-order valence-corrected chi connectivity index (χ3v) is 3.68.